The van der Waals surface area contributed by atoms with Crippen LogP contribution in [0.2, 0.25) is 0 Å². The Hall–Kier alpha value is -0.370. The fraction of sp³-hybridized carbons (Fsp3) is 0.857. The second-order valence-corrected chi connectivity index (χ2v) is 2.60. The predicted octanol–water partition coefficient (Wildman–Crippen LogP) is 1.11. The molecule has 0 fully saturated rings. The summed E-state index contributed by atoms with van der Waals surface area (Å²) in [7, 11) is 1.74. The average molecular weight is 127 g/mol. The van der Waals surface area contributed by atoms with Crippen molar-refractivity contribution >= 4 is 5.71 Å². The maximum atomic E-state index is 5.00. The van der Waals surface area contributed by atoms with Crippen molar-refractivity contribution in [3.05, 3.63) is 0 Å². The molecule has 1 atom stereocenters. The van der Waals surface area contributed by atoms with Gasteiger partial charge in [-0.15, -0.1) is 0 Å². The zero-order valence-corrected chi connectivity index (χ0v) is 6.05. The number of hydrogen-bond donors (Lipinski definition) is 0. The highest BCUT2D eigenvalue weighted by molar-refractivity contribution is 5.83. The lowest BCUT2D eigenvalue weighted by atomic mass is 10.1. The lowest BCUT2D eigenvalue weighted by molar-refractivity contribution is 0.161. The van der Waals surface area contributed by atoms with Gasteiger partial charge < -0.3 is 4.74 Å². The van der Waals surface area contributed by atoms with Gasteiger partial charge in [-0.1, -0.05) is 0 Å². The molecule has 52 valence electrons. The molecule has 2 nitrogen and oxygen atoms in total. The zero-order valence-electron chi connectivity index (χ0n) is 6.05. The van der Waals surface area contributed by atoms with Crippen LogP contribution in [0.3, 0.4) is 0 Å². The molecule has 2 heteroatoms. The molecule has 0 aromatic carbocycles. The van der Waals surface area contributed by atoms with E-state index in [1.54, 1.807) is 7.11 Å². The fourth-order valence-electron chi connectivity index (χ4n) is 1.18. The van der Waals surface area contributed by atoms with Crippen LogP contribution in [0.1, 0.15) is 13.3 Å². The van der Waals surface area contributed by atoms with E-state index in [1.807, 2.05) is 0 Å². The molecule has 0 bridgehead atoms. The van der Waals surface area contributed by atoms with Gasteiger partial charge in [0, 0.05) is 25.3 Å². The maximum absolute atomic E-state index is 5.00. The van der Waals surface area contributed by atoms with Gasteiger partial charge in [0.2, 0.25) is 0 Å². The van der Waals surface area contributed by atoms with Crippen molar-refractivity contribution in [1.82, 2.24) is 0 Å². The summed E-state index contributed by atoms with van der Waals surface area (Å²) < 4.78 is 5.00. The quantitative estimate of drug-likeness (QED) is 0.544. The van der Waals surface area contributed by atoms with Crippen molar-refractivity contribution in [2.75, 3.05) is 20.3 Å². The Balaban J connectivity index is 2.21. The van der Waals surface area contributed by atoms with Crippen molar-refractivity contribution in [2.45, 2.75) is 13.3 Å². The number of aliphatic imine (C=N–C) groups is 1. The molecule has 0 amide bonds. The van der Waals surface area contributed by atoms with Crippen LogP contribution >= 0.6 is 0 Å². The molecule has 0 saturated carbocycles. The van der Waals surface area contributed by atoms with Gasteiger partial charge in [-0.25, -0.2) is 0 Å². The van der Waals surface area contributed by atoms with Crippen LogP contribution in [0, 0.1) is 5.92 Å². The summed E-state index contributed by atoms with van der Waals surface area (Å²) in [6.45, 7) is 3.91. The molecule has 1 rings (SSSR count). The smallest absolute Gasteiger partial charge is 0.0511 e. The Bertz CT molecular complexity index is 120. The Morgan fingerprint density at radius 3 is 3.00 bits per heavy atom. The van der Waals surface area contributed by atoms with Gasteiger partial charge in [-0.2, -0.15) is 0 Å². The van der Waals surface area contributed by atoms with E-state index in [2.05, 4.69) is 11.9 Å². The van der Waals surface area contributed by atoms with Crippen LogP contribution < -0.4 is 0 Å². The molecule has 0 aliphatic carbocycles. The van der Waals surface area contributed by atoms with Gasteiger partial charge in [-0.05, 0) is 13.3 Å². The average Bonchev–Trinajstić information content (AvgIpc) is 2.17. The summed E-state index contributed by atoms with van der Waals surface area (Å²) in [6, 6.07) is 0. The summed E-state index contributed by atoms with van der Waals surface area (Å²) in [5, 5.41) is 0. The SMILES string of the molecule is COCC1CN=C(C)C1. The van der Waals surface area contributed by atoms with E-state index in [-0.39, 0.29) is 0 Å². The second kappa shape index (κ2) is 2.97. The van der Waals surface area contributed by atoms with E-state index in [0.29, 0.717) is 5.92 Å². The van der Waals surface area contributed by atoms with E-state index >= 15 is 0 Å². The van der Waals surface area contributed by atoms with Crippen LogP contribution in [0.25, 0.3) is 0 Å². The number of rotatable bonds is 2. The Morgan fingerprint density at radius 1 is 1.78 bits per heavy atom. The highest BCUT2D eigenvalue weighted by Gasteiger charge is 2.14. The van der Waals surface area contributed by atoms with Gasteiger partial charge in [0.15, 0.2) is 0 Å². The normalized spacial score (nSPS) is 26.4. The van der Waals surface area contributed by atoms with Crippen molar-refractivity contribution < 1.29 is 4.74 Å². The Kier molecular flexibility index (Phi) is 2.22. The molecule has 0 spiro atoms. The molecule has 1 heterocycles. The third-order valence-electron chi connectivity index (χ3n) is 1.61. The van der Waals surface area contributed by atoms with Crippen LogP contribution in [-0.4, -0.2) is 26.0 Å². The van der Waals surface area contributed by atoms with Gasteiger partial charge in [0.25, 0.3) is 0 Å². The van der Waals surface area contributed by atoms with E-state index < -0.39 is 0 Å². The monoisotopic (exact) mass is 127 g/mol. The molecule has 0 saturated heterocycles. The maximum Gasteiger partial charge on any atom is 0.0511 e. The van der Waals surface area contributed by atoms with E-state index in [0.717, 1.165) is 19.6 Å². The topological polar surface area (TPSA) is 21.6 Å². The molecule has 1 aliphatic rings. The third-order valence-corrected chi connectivity index (χ3v) is 1.61. The third kappa shape index (κ3) is 1.79. The largest absolute Gasteiger partial charge is 0.384 e. The molecule has 1 unspecified atom stereocenters. The first-order valence-corrected chi connectivity index (χ1v) is 3.32. The number of nitrogens with zero attached hydrogens (tertiary/aromatic N) is 1. The van der Waals surface area contributed by atoms with Gasteiger partial charge in [0.05, 0.1) is 6.61 Å². The number of ether oxygens (including phenoxy) is 1. The van der Waals surface area contributed by atoms with Gasteiger partial charge in [-0.3, -0.25) is 4.99 Å². The first kappa shape index (κ1) is 6.75. The van der Waals surface area contributed by atoms with Crippen LogP contribution in [-0.2, 0) is 4.74 Å². The predicted molar refractivity (Wildman–Crippen MR) is 38.0 cm³/mol. The second-order valence-electron chi connectivity index (χ2n) is 2.60. The van der Waals surface area contributed by atoms with Crippen molar-refractivity contribution in [2.24, 2.45) is 10.9 Å². The van der Waals surface area contributed by atoms with Crippen molar-refractivity contribution in [3.63, 3.8) is 0 Å². The molecular formula is C7H13NO. The fourth-order valence-corrected chi connectivity index (χ4v) is 1.18. The highest BCUT2D eigenvalue weighted by Crippen LogP contribution is 2.12. The molecule has 0 aromatic heterocycles. The molecule has 0 radical (unpaired) electrons. The van der Waals surface area contributed by atoms with Crippen LogP contribution in [0.15, 0.2) is 4.99 Å². The standard InChI is InChI=1S/C7H13NO/c1-6-3-7(4-8-6)5-9-2/h7H,3-5H2,1-2H3. The van der Waals surface area contributed by atoms with Crippen LogP contribution in [0.5, 0.6) is 0 Å². The van der Waals surface area contributed by atoms with Crippen molar-refractivity contribution in [1.29, 1.82) is 0 Å². The minimum absolute atomic E-state index is 0.662. The molecule has 9 heavy (non-hydrogen) atoms. The van der Waals surface area contributed by atoms with E-state index in [4.69, 9.17) is 4.74 Å². The lowest BCUT2D eigenvalue weighted by Crippen LogP contribution is -2.07. The molecular weight excluding hydrogens is 114 g/mol. The Labute approximate surface area is 55.9 Å². The lowest BCUT2D eigenvalue weighted by Gasteiger charge is -2.04. The summed E-state index contributed by atoms with van der Waals surface area (Å²) >= 11 is 0. The number of methoxy groups -OCH3 is 1. The Morgan fingerprint density at radius 2 is 2.56 bits per heavy atom. The summed E-state index contributed by atoms with van der Waals surface area (Å²) in [6.07, 6.45) is 1.13. The minimum atomic E-state index is 0.662. The first-order chi connectivity index (χ1) is 4.33. The van der Waals surface area contributed by atoms with E-state index in [9.17, 15) is 0 Å². The van der Waals surface area contributed by atoms with E-state index in [1.165, 1.54) is 5.71 Å². The van der Waals surface area contributed by atoms with Crippen LogP contribution in [0.4, 0.5) is 0 Å². The highest BCUT2D eigenvalue weighted by atomic mass is 16.5. The summed E-state index contributed by atoms with van der Waals surface area (Å²) in [5.41, 5.74) is 1.28. The minimum Gasteiger partial charge on any atom is -0.384 e. The first-order valence-electron chi connectivity index (χ1n) is 3.32. The molecule has 1 aliphatic heterocycles. The molecule has 0 aromatic rings. The van der Waals surface area contributed by atoms with Gasteiger partial charge in [0.1, 0.15) is 0 Å². The zero-order chi connectivity index (χ0) is 6.69. The molecule has 0 N–H and O–H groups in total. The van der Waals surface area contributed by atoms with Gasteiger partial charge >= 0.3 is 0 Å². The summed E-state index contributed by atoms with van der Waals surface area (Å²) in [5.74, 6) is 0.662. The van der Waals surface area contributed by atoms with Crippen molar-refractivity contribution in [3.8, 4) is 0 Å². The summed E-state index contributed by atoms with van der Waals surface area (Å²) in [4.78, 5) is 4.27. The number of hydrogen-bond acceptors (Lipinski definition) is 2.